The lowest BCUT2D eigenvalue weighted by Gasteiger charge is -2.07. The molecule has 0 atom stereocenters. The van der Waals surface area contributed by atoms with Crippen LogP contribution in [0.15, 0.2) is 53.0 Å². The lowest BCUT2D eigenvalue weighted by Crippen LogP contribution is -2.08. The van der Waals surface area contributed by atoms with Gasteiger partial charge in [-0.15, -0.1) is 0 Å². The van der Waals surface area contributed by atoms with Crippen LogP contribution in [0.4, 0.5) is 0 Å². The summed E-state index contributed by atoms with van der Waals surface area (Å²) < 4.78 is 11.3. The normalized spacial score (nSPS) is 10.2. The standard InChI is InChI=1S/C19H19BrO4/c1-2-3-12-23-18(21)14-8-10-15(11-9-14)19(22)24-13-16-6-4-5-7-17(16)20/h4-11H,2-3,12-13H2,1H3. The van der Waals surface area contributed by atoms with Gasteiger partial charge < -0.3 is 9.47 Å². The summed E-state index contributed by atoms with van der Waals surface area (Å²) in [5.41, 5.74) is 1.71. The van der Waals surface area contributed by atoms with Crippen LogP contribution >= 0.6 is 15.9 Å². The molecule has 2 aromatic carbocycles. The molecule has 0 N–H and O–H groups in total. The summed E-state index contributed by atoms with van der Waals surface area (Å²) in [6.07, 6.45) is 1.81. The Kier molecular flexibility index (Phi) is 7.00. The maximum atomic E-state index is 12.1. The Morgan fingerprint density at radius 3 is 2.08 bits per heavy atom. The fourth-order valence-electron chi connectivity index (χ4n) is 1.98. The lowest BCUT2D eigenvalue weighted by atomic mass is 10.1. The molecule has 126 valence electrons. The van der Waals surface area contributed by atoms with Gasteiger partial charge in [0, 0.05) is 10.0 Å². The quantitative estimate of drug-likeness (QED) is 0.504. The van der Waals surface area contributed by atoms with E-state index in [0.717, 1.165) is 22.9 Å². The Balaban J connectivity index is 1.91. The third-order valence-electron chi connectivity index (χ3n) is 3.40. The first kappa shape index (κ1) is 18.2. The number of carbonyl (C=O) groups is 2. The highest BCUT2D eigenvalue weighted by Gasteiger charge is 2.11. The van der Waals surface area contributed by atoms with Crippen molar-refractivity contribution in [1.29, 1.82) is 0 Å². The van der Waals surface area contributed by atoms with E-state index in [1.807, 2.05) is 31.2 Å². The van der Waals surface area contributed by atoms with E-state index in [2.05, 4.69) is 15.9 Å². The van der Waals surface area contributed by atoms with Gasteiger partial charge >= 0.3 is 11.9 Å². The number of esters is 2. The minimum Gasteiger partial charge on any atom is -0.462 e. The second-order valence-electron chi connectivity index (χ2n) is 5.23. The van der Waals surface area contributed by atoms with Crippen molar-refractivity contribution in [1.82, 2.24) is 0 Å². The van der Waals surface area contributed by atoms with Gasteiger partial charge in [-0.1, -0.05) is 47.5 Å². The maximum absolute atomic E-state index is 12.1. The zero-order valence-electron chi connectivity index (χ0n) is 13.5. The van der Waals surface area contributed by atoms with Gasteiger partial charge in [-0.2, -0.15) is 0 Å². The van der Waals surface area contributed by atoms with E-state index in [9.17, 15) is 9.59 Å². The number of hydrogen-bond donors (Lipinski definition) is 0. The Morgan fingerprint density at radius 2 is 1.50 bits per heavy atom. The van der Waals surface area contributed by atoms with Crippen LogP contribution in [0.1, 0.15) is 46.0 Å². The molecule has 0 spiro atoms. The molecule has 0 amide bonds. The van der Waals surface area contributed by atoms with Gasteiger partial charge in [-0.3, -0.25) is 0 Å². The largest absolute Gasteiger partial charge is 0.462 e. The van der Waals surface area contributed by atoms with Gasteiger partial charge in [0.15, 0.2) is 0 Å². The number of rotatable bonds is 7. The van der Waals surface area contributed by atoms with Crippen molar-refractivity contribution in [2.24, 2.45) is 0 Å². The van der Waals surface area contributed by atoms with Gasteiger partial charge in [-0.25, -0.2) is 9.59 Å². The first-order valence-corrected chi connectivity index (χ1v) is 8.59. The zero-order valence-corrected chi connectivity index (χ0v) is 15.0. The SMILES string of the molecule is CCCCOC(=O)c1ccc(C(=O)OCc2ccccc2Br)cc1. The first-order chi connectivity index (χ1) is 11.6. The third-order valence-corrected chi connectivity index (χ3v) is 4.18. The summed E-state index contributed by atoms with van der Waals surface area (Å²) >= 11 is 3.41. The molecule has 0 aliphatic rings. The predicted molar refractivity (Wildman–Crippen MR) is 94.9 cm³/mol. The smallest absolute Gasteiger partial charge is 0.338 e. The van der Waals surface area contributed by atoms with Crippen LogP contribution in [-0.2, 0) is 16.1 Å². The number of benzene rings is 2. The molecule has 0 bridgehead atoms. The number of unbranched alkanes of at least 4 members (excludes halogenated alkanes) is 1. The van der Waals surface area contributed by atoms with Crippen LogP contribution < -0.4 is 0 Å². The van der Waals surface area contributed by atoms with Crippen LogP contribution in [0.25, 0.3) is 0 Å². The van der Waals surface area contributed by atoms with Gasteiger partial charge in [0.2, 0.25) is 0 Å². The fraction of sp³-hybridized carbons (Fsp3) is 0.263. The molecular formula is C19H19BrO4. The van der Waals surface area contributed by atoms with E-state index in [1.165, 1.54) is 0 Å². The first-order valence-electron chi connectivity index (χ1n) is 7.79. The summed E-state index contributed by atoms with van der Waals surface area (Å²) in [6.45, 7) is 2.62. The predicted octanol–water partition coefficient (Wildman–Crippen LogP) is 4.76. The third kappa shape index (κ3) is 5.20. The molecule has 0 fully saturated rings. The average Bonchev–Trinajstić information content (AvgIpc) is 2.61. The number of halogens is 1. The molecule has 2 aromatic rings. The Bertz CT molecular complexity index is 695. The molecule has 0 aliphatic carbocycles. The Morgan fingerprint density at radius 1 is 0.917 bits per heavy atom. The van der Waals surface area contributed by atoms with Crippen LogP contribution in [-0.4, -0.2) is 18.5 Å². The molecular weight excluding hydrogens is 372 g/mol. The molecule has 0 saturated carbocycles. The molecule has 0 saturated heterocycles. The Hall–Kier alpha value is -2.14. The summed E-state index contributed by atoms with van der Waals surface area (Å²) in [5.74, 6) is -0.812. The molecule has 2 rings (SSSR count). The number of hydrogen-bond acceptors (Lipinski definition) is 4. The molecule has 5 heteroatoms. The van der Waals surface area contributed by atoms with Crippen molar-refractivity contribution >= 4 is 27.9 Å². The average molecular weight is 391 g/mol. The molecule has 0 aliphatic heterocycles. The van der Waals surface area contributed by atoms with Crippen molar-refractivity contribution < 1.29 is 19.1 Å². The van der Waals surface area contributed by atoms with E-state index < -0.39 is 5.97 Å². The molecule has 0 aromatic heterocycles. The summed E-state index contributed by atoms with van der Waals surface area (Å²) in [4.78, 5) is 23.9. The molecule has 24 heavy (non-hydrogen) atoms. The van der Waals surface area contributed by atoms with Crippen molar-refractivity contribution in [2.45, 2.75) is 26.4 Å². The molecule has 0 radical (unpaired) electrons. The van der Waals surface area contributed by atoms with Crippen LogP contribution in [0.3, 0.4) is 0 Å². The maximum Gasteiger partial charge on any atom is 0.338 e. The minimum absolute atomic E-state index is 0.182. The van der Waals surface area contributed by atoms with Gasteiger partial charge in [-0.05, 0) is 36.8 Å². The van der Waals surface area contributed by atoms with E-state index in [0.29, 0.717) is 17.7 Å². The van der Waals surface area contributed by atoms with Gasteiger partial charge in [0.05, 0.1) is 17.7 Å². The lowest BCUT2D eigenvalue weighted by molar-refractivity contribution is 0.0466. The van der Waals surface area contributed by atoms with Gasteiger partial charge in [0.1, 0.15) is 6.61 Å². The highest BCUT2D eigenvalue weighted by molar-refractivity contribution is 9.10. The number of carbonyl (C=O) groups excluding carboxylic acids is 2. The highest BCUT2D eigenvalue weighted by Crippen LogP contribution is 2.17. The van der Waals surface area contributed by atoms with Crippen molar-refractivity contribution in [3.8, 4) is 0 Å². The highest BCUT2D eigenvalue weighted by atomic mass is 79.9. The Labute approximate surface area is 149 Å². The van der Waals surface area contributed by atoms with Crippen LogP contribution in [0.5, 0.6) is 0 Å². The molecule has 0 unspecified atom stereocenters. The molecule has 0 heterocycles. The van der Waals surface area contributed by atoms with Crippen molar-refractivity contribution in [2.75, 3.05) is 6.61 Å². The van der Waals surface area contributed by atoms with Crippen molar-refractivity contribution in [3.05, 3.63) is 69.7 Å². The number of ether oxygens (including phenoxy) is 2. The van der Waals surface area contributed by atoms with Crippen molar-refractivity contribution in [3.63, 3.8) is 0 Å². The topological polar surface area (TPSA) is 52.6 Å². The summed E-state index contributed by atoms with van der Waals surface area (Å²) in [7, 11) is 0. The summed E-state index contributed by atoms with van der Waals surface area (Å²) in [6, 6.07) is 13.8. The van der Waals surface area contributed by atoms with Gasteiger partial charge in [0.25, 0.3) is 0 Å². The monoisotopic (exact) mass is 390 g/mol. The van der Waals surface area contributed by atoms with E-state index >= 15 is 0 Å². The molecule has 4 nitrogen and oxygen atoms in total. The van der Waals surface area contributed by atoms with E-state index in [-0.39, 0.29) is 12.6 Å². The van der Waals surface area contributed by atoms with E-state index in [4.69, 9.17) is 9.47 Å². The fourth-order valence-corrected chi connectivity index (χ4v) is 2.38. The van der Waals surface area contributed by atoms with Crippen LogP contribution in [0.2, 0.25) is 0 Å². The summed E-state index contributed by atoms with van der Waals surface area (Å²) in [5, 5.41) is 0. The minimum atomic E-state index is -0.434. The second-order valence-corrected chi connectivity index (χ2v) is 6.09. The zero-order chi connectivity index (χ0) is 17.4. The second kappa shape index (κ2) is 9.23. The van der Waals surface area contributed by atoms with E-state index in [1.54, 1.807) is 24.3 Å². The van der Waals surface area contributed by atoms with Crippen LogP contribution in [0, 0.1) is 0 Å².